The largest absolute Gasteiger partial charge is 0.493 e. The van der Waals surface area contributed by atoms with E-state index in [0.29, 0.717) is 23.9 Å². The van der Waals surface area contributed by atoms with Crippen molar-refractivity contribution in [2.75, 3.05) is 30.0 Å². The van der Waals surface area contributed by atoms with Gasteiger partial charge in [0, 0.05) is 24.2 Å². The summed E-state index contributed by atoms with van der Waals surface area (Å²) in [6, 6.07) is 7.15. The van der Waals surface area contributed by atoms with Gasteiger partial charge in [-0.2, -0.15) is 4.98 Å². The second-order valence-electron chi connectivity index (χ2n) is 7.28. The van der Waals surface area contributed by atoms with Crippen LogP contribution in [0.15, 0.2) is 54.8 Å². The van der Waals surface area contributed by atoms with Crippen LogP contribution in [0.25, 0.3) is 0 Å². The normalized spacial score (nSPS) is 12.7. The molecule has 0 bridgehead atoms. The van der Waals surface area contributed by atoms with Crippen molar-refractivity contribution in [2.45, 2.75) is 60.4 Å². The van der Waals surface area contributed by atoms with Crippen LogP contribution in [0.3, 0.4) is 0 Å². The number of hydrogen-bond acceptors (Lipinski definition) is 6. The third-order valence-corrected chi connectivity index (χ3v) is 4.77. The summed E-state index contributed by atoms with van der Waals surface area (Å²) >= 11 is 0. The molecule has 0 fully saturated rings. The fraction of sp³-hybridized carbons (Fsp3) is 0.444. The number of fused-ring (bicyclic) bond motifs is 1. The molecule has 0 saturated heterocycles. The Morgan fingerprint density at radius 3 is 2.65 bits per heavy atom. The van der Waals surface area contributed by atoms with Gasteiger partial charge in [-0.25, -0.2) is 4.98 Å². The Hall–Kier alpha value is -3.19. The second-order valence-corrected chi connectivity index (χ2v) is 7.28. The zero-order chi connectivity index (χ0) is 25.3. The van der Waals surface area contributed by atoms with Crippen LogP contribution in [0.5, 0.6) is 5.75 Å². The van der Waals surface area contributed by atoms with Crippen molar-refractivity contribution in [3.63, 3.8) is 0 Å². The van der Waals surface area contributed by atoms with Crippen LogP contribution in [0, 0.1) is 0 Å². The Morgan fingerprint density at radius 1 is 1.26 bits per heavy atom. The summed E-state index contributed by atoms with van der Waals surface area (Å²) in [6.07, 6.45) is 11.5. The quantitative estimate of drug-likeness (QED) is 0.503. The van der Waals surface area contributed by atoms with E-state index in [9.17, 15) is 9.90 Å². The molecule has 2 aromatic rings. The van der Waals surface area contributed by atoms with Gasteiger partial charge in [-0.1, -0.05) is 45.1 Å². The van der Waals surface area contributed by atoms with E-state index in [1.807, 2.05) is 65.0 Å². The van der Waals surface area contributed by atoms with E-state index in [0.717, 1.165) is 24.2 Å². The highest BCUT2D eigenvalue weighted by Crippen LogP contribution is 2.27. The number of ether oxygens (including phenoxy) is 1. The van der Waals surface area contributed by atoms with Crippen LogP contribution in [-0.4, -0.2) is 46.8 Å². The minimum absolute atomic E-state index is 0.0638. The lowest BCUT2D eigenvalue weighted by molar-refractivity contribution is 0.0980. The zero-order valence-electron chi connectivity index (χ0n) is 21.4. The number of rotatable bonds is 8. The average Bonchev–Trinajstić information content (AvgIpc) is 3.35. The smallest absolute Gasteiger partial charge is 0.259 e. The summed E-state index contributed by atoms with van der Waals surface area (Å²) in [6.45, 7) is 12.7. The highest BCUT2D eigenvalue weighted by Gasteiger charge is 2.22. The Morgan fingerprint density at radius 2 is 2.00 bits per heavy atom. The van der Waals surface area contributed by atoms with Crippen molar-refractivity contribution < 1.29 is 14.6 Å². The molecule has 34 heavy (non-hydrogen) atoms. The summed E-state index contributed by atoms with van der Waals surface area (Å²) in [4.78, 5) is 23.3. The third kappa shape index (κ3) is 8.98. The van der Waals surface area contributed by atoms with Crippen LogP contribution in [0.4, 0.5) is 11.8 Å². The maximum absolute atomic E-state index is 13.1. The highest BCUT2D eigenvalue weighted by molar-refractivity contribution is 6.05. The first-order chi connectivity index (χ1) is 16.5. The van der Waals surface area contributed by atoms with Crippen molar-refractivity contribution in [1.29, 1.82) is 0 Å². The fourth-order valence-electron chi connectivity index (χ4n) is 3.06. The number of hydrogen-bond donors (Lipinski definition) is 2. The van der Waals surface area contributed by atoms with Crippen molar-refractivity contribution in [3.05, 3.63) is 65.9 Å². The minimum Gasteiger partial charge on any atom is -0.493 e. The molecule has 1 atom stereocenters. The molecular formula is C27H40N4O3. The number of carbonyl (C=O) groups is 1. The molecule has 186 valence electrons. The minimum atomic E-state index is -0.215. The molecule has 0 unspecified atom stereocenters. The number of carbonyl (C=O) groups excluding carboxylic acids is 1. The number of allylic oxidation sites excluding steroid dienone is 3. The van der Waals surface area contributed by atoms with E-state index < -0.39 is 0 Å². The Bertz CT molecular complexity index is 924. The van der Waals surface area contributed by atoms with E-state index in [2.05, 4.69) is 28.3 Å². The summed E-state index contributed by atoms with van der Waals surface area (Å²) in [7, 11) is 0. The molecular weight excluding hydrogens is 428 g/mol. The molecule has 1 aromatic carbocycles. The molecule has 1 amide bonds. The summed E-state index contributed by atoms with van der Waals surface area (Å²) in [5.41, 5.74) is 1.57. The number of aliphatic hydroxyl groups excluding tert-OH is 1. The number of amides is 1. The average molecular weight is 469 g/mol. The Kier molecular flexibility index (Phi) is 13.9. The molecule has 7 heteroatoms. The molecule has 1 aliphatic rings. The molecule has 0 spiro atoms. The van der Waals surface area contributed by atoms with E-state index in [-0.39, 0.29) is 25.1 Å². The van der Waals surface area contributed by atoms with Crippen molar-refractivity contribution in [2.24, 2.45) is 0 Å². The fourth-order valence-corrected chi connectivity index (χ4v) is 3.06. The lowest BCUT2D eigenvalue weighted by Gasteiger charge is -2.22. The number of nitrogens with one attached hydrogen (secondary N) is 1. The van der Waals surface area contributed by atoms with Gasteiger partial charge < -0.3 is 15.2 Å². The van der Waals surface area contributed by atoms with Crippen LogP contribution in [-0.2, 0) is 6.42 Å². The maximum Gasteiger partial charge on any atom is 0.259 e. The molecule has 0 saturated carbocycles. The summed E-state index contributed by atoms with van der Waals surface area (Å²) < 4.78 is 5.51. The van der Waals surface area contributed by atoms with Gasteiger partial charge >= 0.3 is 0 Å². The second kappa shape index (κ2) is 16.4. The molecule has 2 N–H and O–H groups in total. The Balaban J connectivity index is 0.000000872. The monoisotopic (exact) mass is 468 g/mol. The van der Waals surface area contributed by atoms with Crippen molar-refractivity contribution in [1.82, 2.24) is 9.97 Å². The first kappa shape index (κ1) is 28.8. The van der Waals surface area contributed by atoms with Crippen LogP contribution in [0.1, 0.15) is 63.9 Å². The third-order valence-electron chi connectivity index (χ3n) is 4.77. The van der Waals surface area contributed by atoms with Gasteiger partial charge in [0.2, 0.25) is 5.95 Å². The van der Waals surface area contributed by atoms with Gasteiger partial charge in [-0.15, -0.1) is 0 Å². The zero-order valence-corrected chi connectivity index (χ0v) is 21.4. The number of aliphatic hydroxyl groups is 1. The molecule has 1 aromatic heterocycles. The van der Waals surface area contributed by atoms with E-state index >= 15 is 0 Å². The molecule has 0 radical (unpaired) electrons. The standard InChI is InChI=1S/C21H26N4O3.C4H8.C2H6/c1-3-4-5-15(2)23-21-22-10-8-19(24-21)25(11-12-26)20(27)17-6-7-18-16(14-17)9-13-28-18;1-3-4-2;1-2/h4-8,10,14-15,26H,3,9,11-13H2,1-2H3,(H,22,23,24);3-4H,1-2H3;1-2H3/b5-4+;4-3-;/t15-;;/m0../s1. The lowest BCUT2D eigenvalue weighted by Crippen LogP contribution is -2.34. The molecule has 0 aliphatic carbocycles. The topological polar surface area (TPSA) is 87.6 Å². The van der Waals surface area contributed by atoms with Gasteiger partial charge in [0.25, 0.3) is 5.91 Å². The number of aromatic nitrogens is 2. The summed E-state index contributed by atoms with van der Waals surface area (Å²) in [5.74, 6) is 1.49. The van der Waals surface area contributed by atoms with Gasteiger partial charge in [0.1, 0.15) is 11.6 Å². The summed E-state index contributed by atoms with van der Waals surface area (Å²) in [5, 5.41) is 12.7. The first-order valence-corrected chi connectivity index (χ1v) is 12.1. The number of benzene rings is 1. The van der Waals surface area contributed by atoms with Crippen molar-refractivity contribution >= 4 is 17.7 Å². The van der Waals surface area contributed by atoms with E-state index in [4.69, 9.17) is 4.74 Å². The molecule has 1 aliphatic heterocycles. The van der Waals surface area contributed by atoms with Crippen LogP contribution >= 0.6 is 0 Å². The highest BCUT2D eigenvalue weighted by atomic mass is 16.5. The van der Waals surface area contributed by atoms with Gasteiger partial charge in [0.15, 0.2) is 0 Å². The molecule has 3 rings (SSSR count). The SMILES string of the molecule is C/C=C\C.CC.CC/C=C/[C@H](C)Nc1nccc(N(CCO)C(=O)c2ccc3c(c2)CCO3)n1. The molecule has 2 heterocycles. The van der Waals surface area contributed by atoms with Crippen LogP contribution in [0.2, 0.25) is 0 Å². The number of nitrogens with zero attached hydrogens (tertiary/aromatic N) is 3. The maximum atomic E-state index is 13.1. The van der Waals surface area contributed by atoms with Crippen LogP contribution < -0.4 is 15.0 Å². The van der Waals surface area contributed by atoms with Gasteiger partial charge in [-0.05, 0) is 57.0 Å². The predicted octanol–water partition coefficient (Wildman–Crippen LogP) is 5.43. The Labute approximate surface area is 204 Å². The lowest BCUT2D eigenvalue weighted by atomic mass is 10.1. The van der Waals surface area contributed by atoms with Gasteiger partial charge in [-0.3, -0.25) is 9.69 Å². The molecule has 7 nitrogen and oxygen atoms in total. The predicted molar refractivity (Wildman–Crippen MR) is 141 cm³/mol. The van der Waals surface area contributed by atoms with Crippen molar-refractivity contribution in [3.8, 4) is 5.75 Å². The number of anilines is 2. The van der Waals surface area contributed by atoms with Gasteiger partial charge in [0.05, 0.1) is 19.8 Å². The first-order valence-electron chi connectivity index (χ1n) is 12.1. The van der Waals surface area contributed by atoms with E-state index in [1.165, 1.54) is 4.90 Å². The van der Waals surface area contributed by atoms with E-state index in [1.54, 1.807) is 18.3 Å².